The van der Waals surface area contributed by atoms with Crippen molar-refractivity contribution in [1.29, 1.82) is 0 Å². The fourth-order valence-corrected chi connectivity index (χ4v) is 4.41. The first-order valence-corrected chi connectivity index (χ1v) is 10.2. The molecule has 2 aliphatic rings. The molecule has 0 radical (unpaired) electrons. The van der Waals surface area contributed by atoms with Gasteiger partial charge in [-0.15, -0.1) is 0 Å². The van der Waals surface area contributed by atoms with Crippen LogP contribution in [0.5, 0.6) is 0 Å². The van der Waals surface area contributed by atoms with Crippen molar-refractivity contribution in [1.82, 2.24) is 19.9 Å². The van der Waals surface area contributed by atoms with Gasteiger partial charge in [-0.25, -0.2) is 9.97 Å². The number of anilines is 1. The Morgan fingerprint density at radius 2 is 1.89 bits per heavy atom. The normalized spacial score (nSPS) is 21.2. The number of carbonyl (C=O) groups is 1. The van der Waals surface area contributed by atoms with Crippen LogP contribution in [0.3, 0.4) is 0 Å². The van der Waals surface area contributed by atoms with Gasteiger partial charge in [0.05, 0.1) is 6.04 Å². The van der Waals surface area contributed by atoms with E-state index in [-0.39, 0.29) is 11.9 Å². The zero-order valence-electron chi connectivity index (χ0n) is 16.4. The van der Waals surface area contributed by atoms with Crippen LogP contribution in [-0.4, -0.2) is 57.5 Å². The summed E-state index contributed by atoms with van der Waals surface area (Å²) in [5.74, 6) is 1.57. The summed E-state index contributed by atoms with van der Waals surface area (Å²) in [5, 5.41) is 0. The molecule has 1 amide bonds. The Hall–Kier alpha value is -2.54. The predicted octanol–water partition coefficient (Wildman–Crippen LogP) is 2.02. The minimum absolute atomic E-state index is 0.0828. The predicted molar refractivity (Wildman–Crippen MR) is 109 cm³/mol. The van der Waals surface area contributed by atoms with Gasteiger partial charge in [0.15, 0.2) is 5.82 Å². The molecule has 4 rings (SSSR count). The summed E-state index contributed by atoms with van der Waals surface area (Å²) in [6, 6.07) is 6.35. The van der Waals surface area contributed by atoms with Crippen molar-refractivity contribution in [3.8, 4) is 11.4 Å². The number of likely N-dealkylation sites (tertiary alicyclic amines) is 1. The molecule has 0 bridgehead atoms. The lowest BCUT2D eigenvalue weighted by Gasteiger charge is -2.39. The first-order chi connectivity index (χ1) is 13.7. The minimum atomic E-state index is -0.176. The molecule has 2 aliphatic heterocycles. The lowest BCUT2D eigenvalue weighted by molar-refractivity contribution is -0.123. The third-order valence-electron chi connectivity index (χ3n) is 5.95. The molecule has 0 aromatic carbocycles. The standard InChI is InChI=1S/C21H28N6O/c1-2-16-14-19(25-21(24-16)15-5-9-23-10-6-15)26-12-7-17(8-13-26)27-11-3-4-18(27)20(22)28/h5-6,9-10,14,17-18H,2-4,7-8,11-13H2,1H3,(H2,22,28). The largest absolute Gasteiger partial charge is 0.368 e. The molecule has 2 N–H and O–H groups in total. The van der Waals surface area contributed by atoms with E-state index in [1.54, 1.807) is 12.4 Å². The number of hydrogen-bond donors (Lipinski definition) is 1. The number of primary amides is 1. The van der Waals surface area contributed by atoms with Gasteiger partial charge in [-0.3, -0.25) is 14.7 Å². The maximum absolute atomic E-state index is 11.7. The summed E-state index contributed by atoms with van der Waals surface area (Å²) in [7, 11) is 0. The molecule has 2 aromatic heterocycles. The van der Waals surface area contributed by atoms with E-state index in [2.05, 4.69) is 27.8 Å². The number of aromatic nitrogens is 3. The van der Waals surface area contributed by atoms with Gasteiger partial charge in [0.25, 0.3) is 0 Å². The summed E-state index contributed by atoms with van der Waals surface area (Å²) in [6.07, 6.45) is 8.44. The van der Waals surface area contributed by atoms with Gasteiger partial charge in [-0.2, -0.15) is 0 Å². The van der Waals surface area contributed by atoms with Gasteiger partial charge in [0, 0.05) is 48.8 Å². The molecule has 0 aliphatic carbocycles. The number of nitrogens with two attached hydrogens (primary N) is 1. The van der Waals surface area contributed by atoms with Crippen LogP contribution in [0.1, 0.15) is 38.3 Å². The third-order valence-corrected chi connectivity index (χ3v) is 5.95. The number of pyridine rings is 1. The summed E-state index contributed by atoms with van der Waals surface area (Å²) in [4.78, 5) is 30.0. The fourth-order valence-electron chi connectivity index (χ4n) is 4.41. The van der Waals surface area contributed by atoms with E-state index in [4.69, 9.17) is 15.7 Å². The summed E-state index contributed by atoms with van der Waals surface area (Å²) in [5.41, 5.74) is 7.64. The van der Waals surface area contributed by atoms with E-state index < -0.39 is 0 Å². The second-order valence-corrected chi connectivity index (χ2v) is 7.65. The first kappa shape index (κ1) is 18.8. The maximum Gasteiger partial charge on any atom is 0.234 e. The van der Waals surface area contributed by atoms with Gasteiger partial charge in [0.1, 0.15) is 5.82 Å². The number of rotatable bonds is 5. The van der Waals surface area contributed by atoms with Crippen molar-refractivity contribution in [2.45, 2.75) is 51.1 Å². The van der Waals surface area contributed by atoms with Crippen LogP contribution in [-0.2, 0) is 11.2 Å². The Morgan fingerprint density at radius 3 is 2.57 bits per heavy atom. The third kappa shape index (κ3) is 3.85. The molecular formula is C21H28N6O. The van der Waals surface area contributed by atoms with Crippen LogP contribution < -0.4 is 10.6 Å². The van der Waals surface area contributed by atoms with Crippen molar-refractivity contribution >= 4 is 11.7 Å². The summed E-state index contributed by atoms with van der Waals surface area (Å²) < 4.78 is 0. The van der Waals surface area contributed by atoms with Crippen molar-refractivity contribution in [2.24, 2.45) is 5.73 Å². The Labute approximate surface area is 166 Å². The van der Waals surface area contributed by atoms with E-state index in [0.29, 0.717) is 6.04 Å². The van der Waals surface area contributed by atoms with Gasteiger partial charge < -0.3 is 10.6 Å². The number of piperidine rings is 1. The molecule has 1 atom stereocenters. The average Bonchev–Trinajstić information content (AvgIpc) is 3.24. The average molecular weight is 380 g/mol. The maximum atomic E-state index is 11.7. The Kier molecular flexibility index (Phi) is 5.52. The van der Waals surface area contributed by atoms with Crippen LogP contribution in [0.15, 0.2) is 30.6 Å². The van der Waals surface area contributed by atoms with E-state index in [9.17, 15) is 4.79 Å². The summed E-state index contributed by atoms with van der Waals surface area (Å²) >= 11 is 0. The topological polar surface area (TPSA) is 88.2 Å². The number of amides is 1. The van der Waals surface area contributed by atoms with Gasteiger partial charge >= 0.3 is 0 Å². The molecule has 148 valence electrons. The molecule has 2 saturated heterocycles. The van der Waals surface area contributed by atoms with Crippen molar-refractivity contribution in [3.05, 3.63) is 36.3 Å². The molecule has 7 heteroatoms. The lowest BCUT2D eigenvalue weighted by atomic mass is 10.0. The zero-order valence-corrected chi connectivity index (χ0v) is 16.4. The monoisotopic (exact) mass is 380 g/mol. The molecule has 2 fully saturated rings. The second kappa shape index (κ2) is 8.22. The van der Waals surface area contributed by atoms with E-state index >= 15 is 0 Å². The molecule has 4 heterocycles. The van der Waals surface area contributed by atoms with Crippen LogP contribution >= 0.6 is 0 Å². The highest BCUT2D eigenvalue weighted by molar-refractivity contribution is 5.80. The first-order valence-electron chi connectivity index (χ1n) is 10.2. The van der Waals surface area contributed by atoms with E-state index in [0.717, 1.165) is 74.6 Å². The molecule has 28 heavy (non-hydrogen) atoms. The van der Waals surface area contributed by atoms with Crippen LogP contribution in [0.4, 0.5) is 5.82 Å². The number of nitrogens with zero attached hydrogens (tertiary/aromatic N) is 5. The number of hydrogen-bond acceptors (Lipinski definition) is 6. The Morgan fingerprint density at radius 1 is 1.14 bits per heavy atom. The van der Waals surface area contributed by atoms with Crippen molar-refractivity contribution in [3.63, 3.8) is 0 Å². The van der Waals surface area contributed by atoms with Crippen LogP contribution in [0, 0.1) is 0 Å². The van der Waals surface area contributed by atoms with Gasteiger partial charge in [-0.05, 0) is 50.8 Å². The van der Waals surface area contributed by atoms with E-state index in [1.807, 2.05) is 12.1 Å². The van der Waals surface area contributed by atoms with E-state index in [1.165, 1.54) is 0 Å². The molecule has 2 aromatic rings. The molecule has 1 unspecified atom stereocenters. The number of carbonyl (C=O) groups excluding carboxylic acids is 1. The molecule has 0 saturated carbocycles. The lowest BCUT2D eigenvalue weighted by Crippen LogP contribution is -2.50. The smallest absolute Gasteiger partial charge is 0.234 e. The number of aryl methyl sites for hydroxylation is 1. The van der Waals surface area contributed by atoms with Gasteiger partial charge in [-0.1, -0.05) is 6.92 Å². The quantitative estimate of drug-likeness (QED) is 0.854. The van der Waals surface area contributed by atoms with Crippen LogP contribution in [0.25, 0.3) is 11.4 Å². The zero-order chi connectivity index (χ0) is 19.5. The molecule has 7 nitrogen and oxygen atoms in total. The minimum Gasteiger partial charge on any atom is -0.368 e. The highest BCUT2D eigenvalue weighted by atomic mass is 16.1. The van der Waals surface area contributed by atoms with Gasteiger partial charge in [0.2, 0.25) is 5.91 Å². The van der Waals surface area contributed by atoms with Crippen LogP contribution in [0.2, 0.25) is 0 Å². The Balaban J connectivity index is 1.49. The Bertz CT molecular complexity index is 819. The molecule has 0 spiro atoms. The fraction of sp³-hybridized carbons (Fsp3) is 0.524. The highest BCUT2D eigenvalue weighted by Crippen LogP contribution is 2.28. The second-order valence-electron chi connectivity index (χ2n) is 7.65. The van der Waals surface area contributed by atoms with Crippen molar-refractivity contribution < 1.29 is 4.79 Å². The van der Waals surface area contributed by atoms with Crippen molar-refractivity contribution in [2.75, 3.05) is 24.5 Å². The SMILES string of the molecule is CCc1cc(N2CCC(N3CCCC3C(N)=O)CC2)nc(-c2ccncc2)n1. The highest BCUT2D eigenvalue weighted by Gasteiger charge is 2.35. The molecular weight excluding hydrogens is 352 g/mol. The summed E-state index contributed by atoms with van der Waals surface area (Å²) in [6.45, 7) is 4.97.